The summed E-state index contributed by atoms with van der Waals surface area (Å²) in [6, 6.07) is 8.36. The third kappa shape index (κ3) is 3.21. The van der Waals surface area contributed by atoms with Crippen LogP contribution in [-0.2, 0) is 6.42 Å². The van der Waals surface area contributed by atoms with Crippen LogP contribution < -0.4 is 10.1 Å². The van der Waals surface area contributed by atoms with Crippen molar-refractivity contribution in [2.24, 2.45) is 0 Å². The van der Waals surface area contributed by atoms with E-state index >= 15 is 0 Å². The second-order valence-corrected chi connectivity index (χ2v) is 4.95. The molecule has 1 N–H and O–H groups in total. The number of para-hydroxylation sites is 1. The SMILES string of the molecule is CCCNc1nc2c(OCCC)cccc2cc1CC. The van der Waals surface area contributed by atoms with Gasteiger partial charge in [0.15, 0.2) is 0 Å². The van der Waals surface area contributed by atoms with Gasteiger partial charge in [-0.15, -0.1) is 0 Å². The van der Waals surface area contributed by atoms with Gasteiger partial charge >= 0.3 is 0 Å². The van der Waals surface area contributed by atoms with E-state index in [0.29, 0.717) is 0 Å². The molecule has 0 saturated heterocycles. The molecule has 3 nitrogen and oxygen atoms in total. The third-order valence-corrected chi connectivity index (χ3v) is 3.27. The zero-order valence-corrected chi connectivity index (χ0v) is 12.7. The Morgan fingerprint density at radius 1 is 1.15 bits per heavy atom. The molecule has 1 aromatic carbocycles. The predicted octanol–water partition coefficient (Wildman–Crippen LogP) is 4.41. The van der Waals surface area contributed by atoms with Crippen LogP contribution in [0.1, 0.15) is 39.2 Å². The normalized spacial score (nSPS) is 10.8. The second-order valence-electron chi connectivity index (χ2n) is 4.95. The van der Waals surface area contributed by atoms with E-state index in [1.165, 1.54) is 5.56 Å². The van der Waals surface area contributed by atoms with E-state index in [0.717, 1.165) is 54.9 Å². The Labute approximate surface area is 121 Å². The van der Waals surface area contributed by atoms with Crippen LogP contribution in [0.5, 0.6) is 5.75 Å². The van der Waals surface area contributed by atoms with Crippen LogP contribution in [-0.4, -0.2) is 18.1 Å². The first-order valence-electron chi connectivity index (χ1n) is 7.59. The highest BCUT2D eigenvalue weighted by Gasteiger charge is 2.09. The number of ether oxygens (including phenoxy) is 1. The molecule has 108 valence electrons. The number of anilines is 1. The molecule has 2 rings (SSSR count). The maximum Gasteiger partial charge on any atom is 0.145 e. The number of aryl methyl sites for hydroxylation is 1. The minimum absolute atomic E-state index is 0.730. The molecule has 0 spiro atoms. The van der Waals surface area contributed by atoms with Gasteiger partial charge in [0.25, 0.3) is 0 Å². The van der Waals surface area contributed by atoms with Gasteiger partial charge in [-0.3, -0.25) is 0 Å². The number of benzene rings is 1. The van der Waals surface area contributed by atoms with Gasteiger partial charge in [-0.2, -0.15) is 0 Å². The summed E-state index contributed by atoms with van der Waals surface area (Å²) in [5, 5.41) is 4.57. The van der Waals surface area contributed by atoms with E-state index in [4.69, 9.17) is 9.72 Å². The maximum absolute atomic E-state index is 5.81. The van der Waals surface area contributed by atoms with Crippen molar-refractivity contribution in [1.82, 2.24) is 4.98 Å². The molecule has 0 fully saturated rings. The number of hydrogen-bond donors (Lipinski definition) is 1. The molecule has 0 bridgehead atoms. The topological polar surface area (TPSA) is 34.2 Å². The minimum atomic E-state index is 0.730. The van der Waals surface area contributed by atoms with Gasteiger partial charge in [0.05, 0.1) is 6.61 Å². The molecule has 0 radical (unpaired) electrons. The van der Waals surface area contributed by atoms with E-state index in [9.17, 15) is 0 Å². The zero-order chi connectivity index (χ0) is 14.4. The van der Waals surface area contributed by atoms with Gasteiger partial charge < -0.3 is 10.1 Å². The van der Waals surface area contributed by atoms with Crippen LogP contribution in [0.3, 0.4) is 0 Å². The summed E-state index contributed by atoms with van der Waals surface area (Å²) in [4.78, 5) is 4.80. The second kappa shape index (κ2) is 7.13. The summed E-state index contributed by atoms with van der Waals surface area (Å²) in [5.74, 6) is 1.88. The highest BCUT2D eigenvalue weighted by atomic mass is 16.5. The summed E-state index contributed by atoms with van der Waals surface area (Å²) >= 11 is 0. The van der Waals surface area contributed by atoms with Gasteiger partial charge in [-0.1, -0.05) is 32.9 Å². The van der Waals surface area contributed by atoms with Crippen molar-refractivity contribution in [2.75, 3.05) is 18.5 Å². The molecule has 20 heavy (non-hydrogen) atoms. The van der Waals surface area contributed by atoms with Crippen molar-refractivity contribution in [3.63, 3.8) is 0 Å². The Hall–Kier alpha value is -1.77. The van der Waals surface area contributed by atoms with E-state index in [1.807, 2.05) is 12.1 Å². The number of nitrogens with zero attached hydrogens (tertiary/aromatic N) is 1. The van der Waals surface area contributed by atoms with Crippen molar-refractivity contribution < 1.29 is 4.74 Å². The van der Waals surface area contributed by atoms with Gasteiger partial charge in [0.1, 0.15) is 17.1 Å². The highest BCUT2D eigenvalue weighted by Crippen LogP contribution is 2.28. The Balaban J connectivity index is 2.45. The number of pyridine rings is 1. The Morgan fingerprint density at radius 3 is 2.70 bits per heavy atom. The molecule has 3 heteroatoms. The number of fused-ring (bicyclic) bond motifs is 1. The summed E-state index contributed by atoms with van der Waals surface area (Å²) < 4.78 is 5.81. The van der Waals surface area contributed by atoms with E-state index in [1.54, 1.807) is 0 Å². The number of nitrogens with one attached hydrogen (secondary N) is 1. The van der Waals surface area contributed by atoms with Crippen LogP contribution >= 0.6 is 0 Å². The van der Waals surface area contributed by atoms with Crippen molar-refractivity contribution in [1.29, 1.82) is 0 Å². The molecule has 0 aliphatic carbocycles. The van der Waals surface area contributed by atoms with Crippen LogP contribution in [0, 0.1) is 0 Å². The lowest BCUT2D eigenvalue weighted by molar-refractivity contribution is 0.320. The molecular formula is C17H24N2O. The van der Waals surface area contributed by atoms with Gasteiger partial charge in [-0.25, -0.2) is 4.98 Å². The maximum atomic E-state index is 5.81. The van der Waals surface area contributed by atoms with Gasteiger partial charge in [0, 0.05) is 11.9 Å². The fraction of sp³-hybridized carbons (Fsp3) is 0.471. The first-order valence-corrected chi connectivity index (χ1v) is 7.59. The molecule has 1 heterocycles. The first-order chi connectivity index (χ1) is 9.80. The average Bonchev–Trinajstić information content (AvgIpc) is 2.49. The summed E-state index contributed by atoms with van der Waals surface area (Å²) in [6.07, 6.45) is 3.08. The fourth-order valence-electron chi connectivity index (χ4n) is 2.21. The number of hydrogen-bond acceptors (Lipinski definition) is 3. The summed E-state index contributed by atoms with van der Waals surface area (Å²) in [5.41, 5.74) is 2.22. The van der Waals surface area contributed by atoms with Crippen LogP contribution in [0.15, 0.2) is 24.3 Å². The van der Waals surface area contributed by atoms with Crippen molar-refractivity contribution >= 4 is 16.7 Å². The molecule has 2 aromatic rings. The molecule has 0 atom stereocenters. The van der Waals surface area contributed by atoms with Crippen LogP contribution in [0.4, 0.5) is 5.82 Å². The lowest BCUT2D eigenvalue weighted by Gasteiger charge is -2.13. The first kappa shape index (κ1) is 14.6. The minimum Gasteiger partial charge on any atom is -0.491 e. The standard InChI is InChI=1S/C17H24N2O/c1-4-10-18-17-13(6-3)12-14-8-7-9-15(16(14)19-17)20-11-5-2/h7-9,12H,4-6,10-11H2,1-3H3,(H,18,19). The monoisotopic (exact) mass is 272 g/mol. The molecular weight excluding hydrogens is 248 g/mol. The third-order valence-electron chi connectivity index (χ3n) is 3.27. The Kier molecular flexibility index (Phi) is 5.22. The van der Waals surface area contributed by atoms with E-state index < -0.39 is 0 Å². The van der Waals surface area contributed by atoms with Gasteiger partial charge in [0.2, 0.25) is 0 Å². The Bertz CT molecular complexity index is 566. The fourth-order valence-corrected chi connectivity index (χ4v) is 2.21. The summed E-state index contributed by atoms with van der Waals surface area (Å²) in [7, 11) is 0. The predicted molar refractivity (Wildman–Crippen MR) is 85.7 cm³/mol. The summed E-state index contributed by atoms with van der Waals surface area (Å²) in [6.45, 7) is 8.12. The smallest absolute Gasteiger partial charge is 0.145 e. The number of rotatable bonds is 7. The molecule has 0 aliphatic heterocycles. The lowest BCUT2D eigenvalue weighted by Crippen LogP contribution is -2.06. The lowest BCUT2D eigenvalue weighted by atomic mass is 10.1. The molecule has 0 aliphatic rings. The zero-order valence-electron chi connectivity index (χ0n) is 12.7. The molecule has 1 aromatic heterocycles. The van der Waals surface area contributed by atoms with Crippen molar-refractivity contribution in [3.8, 4) is 5.75 Å². The highest BCUT2D eigenvalue weighted by molar-refractivity contribution is 5.87. The molecule has 0 unspecified atom stereocenters. The van der Waals surface area contributed by atoms with Crippen LogP contribution in [0.25, 0.3) is 10.9 Å². The average molecular weight is 272 g/mol. The Morgan fingerprint density at radius 2 is 2.00 bits per heavy atom. The number of aromatic nitrogens is 1. The van der Waals surface area contributed by atoms with Gasteiger partial charge in [-0.05, 0) is 37.0 Å². The van der Waals surface area contributed by atoms with E-state index in [-0.39, 0.29) is 0 Å². The largest absolute Gasteiger partial charge is 0.491 e. The van der Waals surface area contributed by atoms with Crippen molar-refractivity contribution in [2.45, 2.75) is 40.0 Å². The van der Waals surface area contributed by atoms with Crippen LogP contribution in [0.2, 0.25) is 0 Å². The molecule has 0 amide bonds. The van der Waals surface area contributed by atoms with Crippen molar-refractivity contribution in [3.05, 3.63) is 29.8 Å². The quantitative estimate of drug-likeness (QED) is 0.810. The van der Waals surface area contributed by atoms with E-state index in [2.05, 4.69) is 38.2 Å². The molecule has 0 saturated carbocycles.